The van der Waals surface area contributed by atoms with Crippen LogP contribution in [0.15, 0.2) is 6.33 Å². The predicted octanol–water partition coefficient (Wildman–Crippen LogP) is -1.80. The Morgan fingerprint density at radius 1 is 1.36 bits per heavy atom. The van der Waals surface area contributed by atoms with Gasteiger partial charge in [-0.3, -0.25) is 4.57 Å². The number of ether oxygens (including phenoxy) is 1. The van der Waals surface area contributed by atoms with Gasteiger partial charge in [0.05, 0.1) is 18.7 Å². The van der Waals surface area contributed by atoms with Gasteiger partial charge in [-0.05, 0) is 0 Å². The van der Waals surface area contributed by atoms with E-state index >= 15 is 0 Å². The van der Waals surface area contributed by atoms with Gasteiger partial charge >= 0.3 is 0 Å². The Morgan fingerprint density at radius 3 is 2.77 bits per heavy atom. The molecule has 2 aromatic heterocycles. The second kappa shape index (κ2) is 5.51. The van der Waals surface area contributed by atoms with Crippen molar-refractivity contribution in [2.75, 3.05) is 12.3 Å². The third-order valence-corrected chi connectivity index (χ3v) is 3.62. The first kappa shape index (κ1) is 14.7. The molecule has 9 nitrogen and oxygen atoms in total. The fraction of sp³-hybridized carbons (Fsp3) is 0.462. The highest BCUT2D eigenvalue weighted by atomic mass is 16.6. The van der Waals surface area contributed by atoms with Crippen LogP contribution in [0.4, 0.5) is 5.95 Å². The van der Waals surface area contributed by atoms with Crippen molar-refractivity contribution in [2.45, 2.75) is 31.0 Å². The topological polar surface area (TPSA) is 140 Å². The number of nitrogen functional groups attached to an aromatic ring is 1. The Morgan fingerprint density at radius 2 is 2.14 bits per heavy atom. The lowest BCUT2D eigenvalue weighted by Crippen LogP contribution is -2.33. The molecule has 4 atom stereocenters. The molecule has 116 valence electrons. The molecule has 0 bridgehead atoms. The Balaban J connectivity index is 2.10. The van der Waals surface area contributed by atoms with Gasteiger partial charge in [0.1, 0.15) is 30.2 Å². The summed E-state index contributed by atoms with van der Waals surface area (Å²) in [6.07, 6.45) is 2.43. The standard InChI is InChI=1S/C13H15N5O4/c1-2-3-6-8-11(16-5-15-6)18(13(14)17-8)12-10(21)9(20)7(4-19)22-12/h1,5,7,9-10,12,19-21H,3-4H2,(H2,14,17)/t7-,9-,10-,12-/m1/s1. The van der Waals surface area contributed by atoms with E-state index in [0.717, 1.165) is 0 Å². The first-order valence-corrected chi connectivity index (χ1v) is 6.61. The molecule has 0 spiro atoms. The fourth-order valence-corrected chi connectivity index (χ4v) is 2.54. The van der Waals surface area contributed by atoms with E-state index in [9.17, 15) is 10.2 Å². The average Bonchev–Trinajstić information content (AvgIpc) is 2.98. The molecule has 5 N–H and O–H groups in total. The van der Waals surface area contributed by atoms with Crippen molar-refractivity contribution in [1.29, 1.82) is 0 Å². The minimum Gasteiger partial charge on any atom is -0.394 e. The maximum Gasteiger partial charge on any atom is 0.204 e. The molecule has 0 aliphatic carbocycles. The van der Waals surface area contributed by atoms with Crippen LogP contribution in [0.25, 0.3) is 11.2 Å². The molecule has 3 heterocycles. The maximum atomic E-state index is 10.1. The number of rotatable bonds is 3. The van der Waals surface area contributed by atoms with Crippen molar-refractivity contribution in [2.24, 2.45) is 0 Å². The number of anilines is 1. The molecule has 0 aromatic carbocycles. The molecular formula is C13H15N5O4. The third-order valence-electron chi connectivity index (χ3n) is 3.62. The van der Waals surface area contributed by atoms with Gasteiger partial charge in [-0.2, -0.15) is 0 Å². The second-order valence-corrected chi connectivity index (χ2v) is 4.94. The van der Waals surface area contributed by atoms with Gasteiger partial charge in [0, 0.05) is 0 Å². The number of aliphatic hydroxyl groups excluding tert-OH is 3. The molecule has 0 saturated carbocycles. The fourth-order valence-electron chi connectivity index (χ4n) is 2.54. The van der Waals surface area contributed by atoms with Crippen LogP contribution in [-0.2, 0) is 11.2 Å². The largest absolute Gasteiger partial charge is 0.394 e. The third kappa shape index (κ3) is 2.10. The molecular weight excluding hydrogens is 290 g/mol. The minimum atomic E-state index is -1.28. The van der Waals surface area contributed by atoms with Crippen molar-refractivity contribution >= 4 is 17.1 Å². The molecule has 2 aromatic rings. The average molecular weight is 305 g/mol. The summed E-state index contributed by atoms with van der Waals surface area (Å²) in [6.45, 7) is -0.432. The molecule has 1 aliphatic rings. The van der Waals surface area contributed by atoms with Crippen molar-refractivity contribution in [3.8, 4) is 12.3 Å². The minimum absolute atomic E-state index is 0.0450. The van der Waals surface area contributed by atoms with E-state index < -0.39 is 31.1 Å². The summed E-state index contributed by atoms with van der Waals surface area (Å²) < 4.78 is 6.82. The van der Waals surface area contributed by atoms with E-state index in [1.54, 1.807) is 0 Å². The van der Waals surface area contributed by atoms with Gasteiger partial charge < -0.3 is 25.8 Å². The lowest BCUT2D eigenvalue weighted by atomic mass is 10.1. The van der Waals surface area contributed by atoms with Crippen LogP contribution in [0, 0.1) is 12.3 Å². The molecule has 3 rings (SSSR count). The van der Waals surface area contributed by atoms with Gasteiger partial charge in [-0.15, -0.1) is 12.3 Å². The van der Waals surface area contributed by atoms with Crippen molar-refractivity contribution in [1.82, 2.24) is 19.5 Å². The number of nitrogens with two attached hydrogens (primary N) is 1. The summed E-state index contributed by atoms with van der Waals surface area (Å²) in [4.78, 5) is 12.3. The molecule has 1 aliphatic heterocycles. The maximum absolute atomic E-state index is 10.1. The van der Waals surface area contributed by atoms with E-state index in [2.05, 4.69) is 20.9 Å². The number of nitrogens with zero attached hydrogens (tertiary/aromatic N) is 4. The summed E-state index contributed by atoms with van der Waals surface area (Å²) in [5.41, 5.74) is 7.18. The normalized spacial score (nSPS) is 28.1. The lowest BCUT2D eigenvalue weighted by molar-refractivity contribution is -0.0500. The highest BCUT2D eigenvalue weighted by molar-refractivity contribution is 5.76. The van der Waals surface area contributed by atoms with Crippen LogP contribution in [0.3, 0.4) is 0 Å². The zero-order chi connectivity index (χ0) is 15.9. The van der Waals surface area contributed by atoms with Crippen molar-refractivity contribution < 1.29 is 20.1 Å². The summed E-state index contributed by atoms with van der Waals surface area (Å²) in [5, 5.41) is 29.1. The number of fused-ring (bicyclic) bond motifs is 1. The molecule has 0 radical (unpaired) electrons. The zero-order valence-corrected chi connectivity index (χ0v) is 11.5. The number of aromatic nitrogens is 4. The summed E-state index contributed by atoms with van der Waals surface area (Å²) >= 11 is 0. The highest BCUT2D eigenvalue weighted by Gasteiger charge is 2.44. The molecule has 22 heavy (non-hydrogen) atoms. The molecule has 1 saturated heterocycles. The first-order chi connectivity index (χ1) is 10.6. The Labute approximate surface area is 125 Å². The van der Waals surface area contributed by atoms with Crippen LogP contribution in [0.5, 0.6) is 0 Å². The van der Waals surface area contributed by atoms with Crippen LogP contribution in [-0.4, -0.2) is 59.8 Å². The van der Waals surface area contributed by atoms with Crippen molar-refractivity contribution in [3.63, 3.8) is 0 Å². The molecule has 1 fully saturated rings. The van der Waals surface area contributed by atoms with Gasteiger partial charge in [-0.1, -0.05) is 0 Å². The van der Waals surface area contributed by atoms with E-state index in [0.29, 0.717) is 16.9 Å². The van der Waals surface area contributed by atoms with E-state index in [-0.39, 0.29) is 12.4 Å². The predicted molar refractivity (Wildman–Crippen MR) is 75.3 cm³/mol. The smallest absolute Gasteiger partial charge is 0.204 e. The van der Waals surface area contributed by atoms with E-state index in [4.69, 9.17) is 22.0 Å². The lowest BCUT2D eigenvalue weighted by Gasteiger charge is -2.17. The first-order valence-electron chi connectivity index (χ1n) is 6.61. The van der Waals surface area contributed by atoms with Crippen molar-refractivity contribution in [3.05, 3.63) is 12.0 Å². The number of aliphatic hydroxyl groups is 3. The van der Waals surface area contributed by atoms with Gasteiger partial charge in [0.2, 0.25) is 5.95 Å². The Kier molecular flexibility index (Phi) is 3.67. The van der Waals surface area contributed by atoms with Crippen LogP contribution in [0.1, 0.15) is 11.9 Å². The molecule has 0 amide bonds. The Bertz CT molecular complexity index is 740. The Hall–Kier alpha value is -2.25. The summed E-state index contributed by atoms with van der Waals surface area (Å²) in [6, 6.07) is 0. The van der Waals surface area contributed by atoms with Crippen LogP contribution in [0.2, 0.25) is 0 Å². The molecule has 9 heteroatoms. The SMILES string of the molecule is C#CCc1ncnc2c1nc(N)n2[C@@H]1O[C@H](CO)[C@@H](O)[C@H]1O. The van der Waals surface area contributed by atoms with Gasteiger partial charge in [-0.25, -0.2) is 15.0 Å². The van der Waals surface area contributed by atoms with Gasteiger partial charge in [0.25, 0.3) is 0 Å². The van der Waals surface area contributed by atoms with Crippen LogP contribution >= 0.6 is 0 Å². The van der Waals surface area contributed by atoms with E-state index in [1.807, 2.05) is 0 Å². The van der Waals surface area contributed by atoms with E-state index in [1.165, 1.54) is 10.9 Å². The summed E-state index contributed by atoms with van der Waals surface area (Å²) in [5.74, 6) is 2.52. The second-order valence-electron chi connectivity index (χ2n) is 4.94. The monoisotopic (exact) mass is 305 g/mol. The molecule has 0 unspecified atom stereocenters. The highest BCUT2D eigenvalue weighted by Crippen LogP contribution is 2.33. The quantitative estimate of drug-likeness (QED) is 0.487. The van der Waals surface area contributed by atoms with Gasteiger partial charge in [0.15, 0.2) is 11.9 Å². The number of terminal acetylenes is 1. The number of hydrogen-bond acceptors (Lipinski definition) is 8. The number of imidazole rings is 1. The zero-order valence-electron chi connectivity index (χ0n) is 11.5. The number of hydrogen-bond donors (Lipinski definition) is 4. The van der Waals surface area contributed by atoms with Crippen LogP contribution < -0.4 is 5.73 Å². The summed E-state index contributed by atoms with van der Waals surface area (Å²) in [7, 11) is 0.